The van der Waals surface area contributed by atoms with Crippen LogP contribution in [0.4, 0.5) is 0 Å². The van der Waals surface area contributed by atoms with Crippen LogP contribution in [0.2, 0.25) is 0 Å². The number of amides is 1. The third-order valence-electron chi connectivity index (χ3n) is 4.42. The molecule has 0 N–H and O–H groups in total. The van der Waals surface area contributed by atoms with Gasteiger partial charge >= 0.3 is 0 Å². The minimum atomic E-state index is -0.531. The molecule has 0 saturated carbocycles. The van der Waals surface area contributed by atoms with E-state index in [1.165, 1.54) is 0 Å². The number of rotatable bonds is 5. The molecule has 3 rings (SSSR count). The van der Waals surface area contributed by atoms with E-state index >= 15 is 0 Å². The topological polar surface area (TPSA) is 29.5 Å². The predicted octanol–water partition coefficient (Wildman–Crippen LogP) is 3.96. The molecule has 0 aliphatic carbocycles. The van der Waals surface area contributed by atoms with Crippen molar-refractivity contribution < 1.29 is 9.53 Å². The molecule has 23 heavy (non-hydrogen) atoms. The smallest absolute Gasteiger partial charge is 0.256 e. The maximum atomic E-state index is 13.0. The lowest BCUT2D eigenvalue weighted by molar-refractivity contribution is -0.145. The average molecular weight is 309 g/mol. The lowest BCUT2D eigenvalue weighted by Gasteiger charge is -2.27. The number of benzene rings is 2. The molecule has 1 amide bonds. The minimum absolute atomic E-state index is 0.0807. The molecule has 2 aromatic rings. The number of carbonyl (C=O) groups excluding carboxylic acids is 1. The van der Waals surface area contributed by atoms with Crippen LogP contribution < -0.4 is 0 Å². The average Bonchev–Trinajstić information content (AvgIpc) is 3.03. The molecule has 0 bridgehead atoms. The summed E-state index contributed by atoms with van der Waals surface area (Å²) in [5.74, 6) is 0.0807. The summed E-state index contributed by atoms with van der Waals surface area (Å²) in [4.78, 5) is 14.9. The van der Waals surface area contributed by atoms with Gasteiger partial charge in [0.2, 0.25) is 0 Å². The highest BCUT2D eigenvalue weighted by Gasteiger charge is 2.32. The van der Waals surface area contributed by atoms with E-state index in [2.05, 4.69) is 6.92 Å². The van der Waals surface area contributed by atoms with Gasteiger partial charge in [0.1, 0.15) is 0 Å². The summed E-state index contributed by atoms with van der Waals surface area (Å²) in [7, 11) is 0. The molecule has 3 heteroatoms. The van der Waals surface area contributed by atoms with Crippen LogP contribution in [0.1, 0.15) is 37.0 Å². The highest BCUT2D eigenvalue weighted by Crippen LogP contribution is 2.26. The van der Waals surface area contributed by atoms with Gasteiger partial charge in [0, 0.05) is 12.6 Å². The van der Waals surface area contributed by atoms with Gasteiger partial charge in [-0.25, -0.2) is 0 Å². The van der Waals surface area contributed by atoms with Crippen LogP contribution >= 0.6 is 0 Å². The quantitative estimate of drug-likeness (QED) is 0.837. The second-order valence-corrected chi connectivity index (χ2v) is 6.11. The van der Waals surface area contributed by atoms with Gasteiger partial charge in [-0.05, 0) is 30.9 Å². The lowest BCUT2D eigenvalue weighted by atomic mass is 10.1. The first-order valence-corrected chi connectivity index (χ1v) is 8.26. The zero-order chi connectivity index (χ0) is 16.1. The SMILES string of the molecule is C[C@H]1CCCN1C(=O)C(OCc1ccccc1)c1ccccc1. The highest BCUT2D eigenvalue weighted by atomic mass is 16.5. The summed E-state index contributed by atoms with van der Waals surface area (Å²) in [6.07, 6.45) is 1.62. The maximum Gasteiger partial charge on any atom is 0.256 e. The first-order valence-electron chi connectivity index (χ1n) is 8.26. The molecule has 3 nitrogen and oxygen atoms in total. The van der Waals surface area contributed by atoms with Crippen molar-refractivity contribution in [1.29, 1.82) is 0 Å². The van der Waals surface area contributed by atoms with Crippen molar-refractivity contribution in [2.75, 3.05) is 6.54 Å². The largest absolute Gasteiger partial charge is 0.359 e. The fourth-order valence-corrected chi connectivity index (χ4v) is 3.10. The summed E-state index contributed by atoms with van der Waals surface area (Å²) in [6.45, 7) is 3.39. The Balaban J connectivity index is 1.78. The summed E-state index contributed by atoms with van der Waals surface area (Å²) >= 11 is 0. The fraction of sp³-hybridized carbons (Fsp3) is 0.350. The molecule has 0 aromatic heterocycles. The van der Waals surface area contributed by atoms with Crippen molar-refractivity contribution in [3.05, 3.63) is 71.8 Å². The number of hydrogen-bond acceptors (Lipinski definition) is 2. The van der Waals surface area contributed by atoms with Crippen LogP contribution in [-0.4, -0.2) is 23.4 Å². The highest BCUT2D eigenvalue weighted by molar-refractivity contribution is 5.82. The van der Waals surface area contributed by atoms with Crippen molar-refractivity contribution in [3.8, 4) is 0 Å². The Morgan fingerprint density at radius 2 is 1.78 bits per heavy atom. The van der Waals surface area contributed by atoms with Gasteiger partial charge in [-0.2, -0.15) is 0 Å². The van der Waals surface area contributed by atoms with E-state index in [0.29, 0.717) is 12.6 Å². The van der Waals surface area contributed by atoms with Crippen molar-refractivity contribution in [3.63, 3.8) is 0 Å². The molecule has 1 fully saturated rings. The predicted molar refractivity (Wildman–Crippen MR) is 90.8 cm³/mol. The van der Waals surface area contributed by atoms with Gasteiger partial charge in [0.25, 0.3) is 5.91 Å². The second-order valence-electron chi connectivity index (χ2n) is 6.11. The normalized spacial score (nSPS) is 18.8. The Kier molecular flexibility index (Phi) is 5.09. The number of hydrogen-bond donors (Lipinski definition) is 0. The van der Waals surface area contributed by atoms with Gasteiger partial charge in [-0.3, -0.25) is 4.79 Å². The van der Waals surface area contributed by atoms with Crippen LogP contribution in [0.15, 0.2) is 60.7 Å². The third-order valence-corrected chi connectivity index (χ3v) is 4.42. The zero-order valence-electron chi connectivity index (χ0n) is 13.5. The number of nitrogens with zero attached hydrogens (tertiary/aromatic N) is 1. The molecule has 1 aliphatic heterocycles. The molecule has 2 atom stereocenters. The first kappa shape index (κ1) is 15.8. The van der Waals surface area contributed by atoms with Gasteiger partial charge in [0.15, 0.2) is 6.10 Å². The van der Waals surface area contributed by atoms with E-state index in [9.17, 15) is 4.79 Å². The van der Waals surface area contributed by atoms with E-state index < -0.39 is 6.10 Å². The van der Waals surface area contributed by atoms with Crippen molar-refractivity contribution in [2.24, 2.45) is 0 Å². The van der Waals surface area contributed by atoms with Crippen LogP contribution in [0, 0.1) is 0 Å². The number of ether oxygens (including phenoxy) is 1. The third kappa shape index (κ3) is 3.80. The summed E-state index contributed by atoms with van der Waals surface area (Å²) in [6, 6.07) is 20.1. The molecular weight excluding hydrogens is 286 g/mol. The summed E-state index contributed by atoms with van der Waals surface area (Å²) < 4.78 is 6.05. The van der Waals surface area contributed by atoms with E-state index in [1.54, 1.807) is 0 Å². The molecule has 0 radical (unpaired) electrons. The molecule has 1 heterocycles. The van der Waals surface area contributed by atoms with Gasteiger partial charge < -0.3 is 9.64 Å². The van der Waals surface area contributed by atoms with Crippen molar-refractivity contribution >= 4 is 5.91 Å². The van der Waals surface area contributed by atoms with E-state index in [0.717, 1.165) is 30.5 Å². The van der Waals surface area contributed by atoms with E-state index in [4.69, 9.17) is 4.74 Å². The maximum absolute atomic E-state index is 13.0. The fourth-order valence-electron chi connectivity index (χ4n) is 3.10. The van der Waals surface area contributed by atoms with Crippen LogP contribution in [0.5, 0.6) is 0 Å². The molecular formula is C20H23NO2. The van der Waals surface area contributed by atoms with Crippen molar-refractivity contribution in [2.45, 2.75) is 38.5 Å². The molecule has 120 valence electrons. The van der Waals surface area contributed by atoms with Gasteiger partial charge in [0.05, 0.1) is 6.61 Å². The molecule has 2 aromatic carbocycles. The zero-order valence-corrected chi connectivity index (χ0v) is 13.5. The van der Waals surface area contributed by atoms with Crippen LogP contribution in [-0.2, 0) is 16.1 Å². The van der Waals surface area contributed by atoms with Gasteiger partial charge in [-0.15, -0.1) is 0 Å². The summed E-state index contributed by atoms with van der Waals surface area (Å²) in [5, 5.41) is 0. The molecule has 1 unspecified atom stereocenters. The first-order chi connectivity index (χ1) is 11.3. The minimum Gasteiger partial charge on any atom is -0.359 e. The molecule has 1 aliphatic rings. The Hall–Kier alpha value is -2.13. The Bertz CT molecular complexity index is 627. The monoisotopic (exact) mass is 309 g/mol. The summed E-state index contributed by atoms with van der Waals surface area (Å²) in [5.41, 5.74) is 2.00. The van der Waals surface area contributed by atoms with Crippen molar-refractivity contribution in [1.82, 2.24) is 4.90 Å². The molecule has 0 spiro atoms. The van der Waals surface area contributed by atoms with Crippen LogP contribution in [0.25, 0.3) is 0 Å². The second kappa shape index (κ2) is 7.42. The standard InChI is InChI=1S/C20H23NO2/c1-16-9-8-14-21(16)20(22)19(18-12-6-3-7-13-18)23-15-17-10-4-2-5-11-17/h2-7,10-13,16,19H,8-9,14-15H2,1H3/t16-,19?/m0/s1. The van der Waals surface area contributed by atoms with Gasteiger partial charge in [-0.1, -0.05) is 60.7 Å². The van der Waals surface area contributed by atoms with Crippen LogP contribution in [0.3, 0.4) is 0 Å². The Morgan fingerprint density at radius 3 is 2.39 bits per heavy atom. The number of carbonyl (C=O) groups is 1. The molecule has 1 saturated heterocycles. The van der Waals surface area contributed by atoms with E-state index in [1.807, 2.05) is 65.6 Å². The Labute approximate surface area is 137 Å². The Morgan fingerprint density at radius 1 is 1.13 bits per heavy atom. The lowest BCUT2D eigenvalue weighted by Crippen LogP contribution is -2.38. The number of likely N-dealkylation sites (tertiary alicyclic amines) is 1. The van der Waals surface area contributed by atoms with E-state index in [-0.39, 0.29) is 5.91 Å².